The average Bonchev–Trinajstić information content (AvgIpc) is 3.72. The fourth-order valence-electron chi connectivity index (χ4n) is 9.28. The molecule has 0 saturated carbocycles. The summed E-state index contributed by atoms with van der Waals surface area (Å²) in [7, 11) is 0. The number of halogens is 3. The van der Waals surface area contributed by atoms with Gasteiger partial charge >= 0.3 is 18.1 Å². The van der Waals surface area contributed by atoms with Crippen molar-refractivity contribution in [2.75, 3.05) is 13.2 Å². The minimum atomic E-state index is -4.24. The number of hydrogen-bond acceptors (Lipinski definition) is 4. The molecule has 0 saturated heterocycles. The fourth-order valence-corrected chi connectivity index (χ4v) is 9.28. The van der Waals surface area contributed by atoms with Gasteiger partial charge in [-0.05, 0) is 140 Å². The number of rotatable bonds is 16. The minimum absolute atomic E-state index is 0.0868. The topological polar surface area (TPSA) is 52.6 Å². The van der Waals surface area contributed by atoms with E-state index in [1.54, 1.807) is 6.07 Å². The molecule has 0 heterocycles. The van der Waals surface area contributed by atoms with Crippen LogP contribution in [0, 0.1) is 0 Å². The number of ether oxygens (including phenoxy) is 2. The maximum atomic E-state index is 13.2. The number of esters is 2. The Kier molecular flexibility index (Phi) is 11.1. The summed E-state index contributed by atoms with van der Waals surface area (Å²) in [5.41, 5.74) is 13.8. The van der Waals surface area contributed by atoms with Crippen LogP contribution in [0.1, 0.15) is 61.6 Å². The Bertz CT molecular complexity index is 2540. The number of carbonyl (C=O) groups excluding carboxylic acids is 2. The molecule has 0 atom stereocenters. The van der Waals surface area contributed by atoms with E-state index in [2.05, 4.69) is 104 Å². The first-order valence-electron chi connectivity index (χ1n) is 20.3. The van der Waals surface area contributed by atoms with Crippen LogP contribution in [-0.2, 0) is 30.9 Å². The highest BCUT2D eigenvalue weighted by Gasteiger charge is 2.43. The molecule has 6 aromatic carbocycles. The summed E-state index contributed by atoms with van der Waals surface area (Å²) in [6.07, 6.45) is 1.47. The smallest absolute Gasteiger partial charge is 0.389 e. The highest BCUT2D eigenvalue weighted by molar-refractivity contribution is 6.18. The lowest BCUT2D eigenvalue weighted by atomic mass is 9.70. The van der Waals surface area contributed by atoms with E-state index in [1.807, 2.05) is 18.2 Å². The first-order chi connectivity index (χ1) is 28.6. The van der Waals surface area contributed by atoms with Crippen LogP contribution in [0.2, 0.25) is 0 Å². The zero-order valence-electron chi connectivity index (χ0n) is 32.9. The Morgan fingerprint density at radius 2 is 1.08 bits per heavy atom. The molecule has 0 aliphatic heterocycles. The molecule has 0 amide bonds. The van der Waals surface area contributed by atoms with E-state index >= 15 is 0 Å². The molecule has 4 nitrogen and oxygen atoms in total. The van der Waals surface area contributed by atoms with Crippen LogP contribution in [0.25, 0.3) is 66.4 Å². The predicted molar refractivity (Wildman–Crippen MR) is 230 cm³/mol. The van der Waals surface area contributed by atoms with Gasteiger partial charge in [0.15, 0.2) is 0 Å². The fraction of sp³-hybridized carbons (Fsp3) is 0.231. The lowest BCUT2D eigenvalue weighted by Crippen LogP contribution is -2.26. The molecule has 298 valence electrons. The summed E-state index contributed by atoms with van der Waals surface area (Å²) < 4.78 is 50.4. The van der Waals surface area contributed by atoms with Crippen molar-refractivity contribution < 1.29 is 32.2 Å². The summed E-state index contributed by atoms with van der Waals surface area (Å²) in [5, 5.41) is 2.45. The molecule has 0 N–H and O–H groups in total. The first kappa shape index (κ1) is 39.6. The Morgan fingerprint density at radius 3 is 1.71 bits per heavy atom. The lowest BCUT2D eigenvalue weighted by Gasteiger charge is -2.33. The van der Waals surface area contributed by atoms with E-state index in [4.69, 9.17) is 9.47 Å². The van der Waals surface area contributed by atoms with Crippen LogP contribution in [0.5, 0.6) is 0 Å². The van der Waals surface area contributed by atoms with Gasteiger partial charge in [-0.25, -0.2) is 9.59 Å². The number of carbonyl (C=O) groups is 2. The molecule has 0 unspecified atom stereocenters. The van der Waals surface area contributed by atoms with Crippen LogP contribution in [0.3, 0.4) is 0 Å². The molecule has 0 radical (unpaired) electrons. The Balaban J connectivity index is 1.23. The van der Waals surface area contributed by atoms with Crippen LogP contribution in [0.4, 0.5) is 13.2 Å². The Hall–Kier alpha value is -6.21. The van der Waals surface area contributed by atoms with Crippen LogP contribution in [-0.4, -0.2) is 31.3 Å². The number of benzene rings is 6. The van der Waals surface area contributed by atoms with E-state index < -0.39 is 30.0 Å². The molecule has 0 bridgehead atoms. The van der Waals surface area contributed by atoms with Crippen molar-refractivity contribution in [3.63, 3.8) is 0 Å². The number of alkyl halides is 3. The summed E-state index contributed by atoms with van der Waals surface area (Å²) in [6.45, 7) is 7.58. The van der Waals surface area contributed by atoms with Crippen LogP contribution in [0.15, 0.2) is 141 Å². The maximum absolute atomic E-state index is 13.2. The number of aryl methyl sites for hydroxylation is 1. The third-order valence-electron chi connectivity index (χ3n) is 12.0. The van der Waals surface area contributed by atoms with Gasteiger partial charge in [0.1, 0.15) is 0 Å². The zero-order chi connectivity index (χ0) is 41.1. The number of hydrogen-bond donors (Lipinski definition) is 0. The molecule has 2 aliphatic rings. The first-order valence-corrected chi connectivity index (χ1v) is 20.3. The van der Waals surface area contributed by atoms with Crippen molar-refractivity contribution in [1.82, 2.24) is 0 Å². The molecule has 59 heavy (non-hydrogen) atoms. The van der Waals surface area contributed by atoms with Gasteiger partial charge in [-0.15, -0.1) is 0 Å². The summed E-state index contributed by atoms with van der Waals surface area (Å²) in [5.74, 6) is -0.906. The van der Waals surface area contributed by atoms with Gasteiger partial charge in [0.25, 0.3) is 0 Å². The maximum Gasteiger partial charge on any atom is 0.389 e. The van der Waals surface area contributed by atoms with Crippen LogP contribution >= 0.6 is 0 Å². The molecular weight excluding hydrogens is 746 g/mol. The molecule has 8 rings (SSSR count). The van der Waals surface area contributed by atoms with Crippen molar-refractivity contribution in [3.8, 4) is 55.6 Å². The molecular formula is C52H45F3O4. The van der Waals surface area contributed by atoms with Crippen molar-refractivity contribution in [2.24, 2.45) is 0 Å². The van der Waals surface area contributed by atoms with Gasteiger partial charge in [0.05, 0.1) is 13.2 Å². The Morgan fingerprint density at radius 1 is 0.559 bits per heavy atom. The Labute approximate surface area is 343 Å². The van der Waals surface area contributed by atoms with Crippen molar-refractivity contribution in [3.05, 3.63) is 157 Å². The van der Waals surface area contributed by atoms with Gasteiger partial charge in [0.2, 0.25) is 0 Å². The zero-order valence-corrected chi connectivity index (χ0v) is 32.9. The SMILES string of the molecule is C=CC(=O)OCCCCC1(CCCCOC(=O)C=C)c2cc(-c3cccc(CCC(F)(F)F)c3)ccc2-c2ccc(-c3ccc4c5c(cccc35)-c3ccccc3-4)cc21. The normalized spacial score (nSPS) is 13.1. The van der Waals surface area contributed by atoms with Crippen molar-refractivity contribution >= 4 is 22.7 Å². The highest BCUT2D eigenvalue weighted by atomic mass is 19.4. The molecule has 7 heteroatoms. The number of fused-ring (bicyclic) bond motifs is 6. The highest BCUT2D eigenvalue weighted by Crippen LogP contribution is 2.56. The molecule has 2 aliphatic carbocycles. The van der Waals surface area contributed by atoms with E-state index in [9.17, 15) is 22.8 Å². The van der Waals surface area contributed by atoms with Crippen LogP contribution < -0.4 is 0 Å². The standard InChI is InChI=1S/C52H45F3O4/c1-3-48(56)58-29-9-7-26-51(27-8-10-30-59-49(57)4-2)46-32-36(35-14-11-13-34(31-35)25-28-52(53,54)55)19-21-41(46)42-22-20-37(33-47(42)51)38-23-24-45-40-16-6-5-15-39(40)44-18-12-17-43(38)50(44)45/h3-6,11-24,31-33H,1-2,7-10,25-30H2. The summed E-state index contributed by atoms with van der Waals surface area (Å²) in [4.78, 5) is 23.8. The minimum Gasteiger partial charge on any atom is -0.463 e. The van der Waals surface area contributed by atoms with E-state index in [0.29, 0.717) is 18.4 Å². The quantitative estimate of drug-likeness (QED) is 0.0556. The molecule has 0 aromatic heterocycles. The molecule has 6 aromatic rings. The van der Waals surface area contributed by atoms with Gasteiger partial charge in [-0.2, -0.15) is 13.2 Å². The second-order valence-electron chi connectivity index (χ2n) is 15.5. The summed E-state index contributed by atoms with van der Waals surface area (Å²) in [6, 6.07) is 40.2. The number of unbranched alkanes of at least 4 members (excludes halogenated alkanes) is 2. The van der Waals surface area contributed by atoms with E-state index in [-0.39, 0.29) is 19.6 Å². The van der Waals surface area contributed by atoms with Crippen molar-refractivity contribution in [1.29, 1.82) is 0 Å². The van der Waals surface area contributed by atoms with Gasteiger partial charge in [0, 0.05) is 24.0 Å². The van der Waals surface area contributed by atoms with E-state index in [1.165, 1.54) is 50.7 Å². The lowest BCUT2D eigenvalue weighted by molar-refractivity contribution is -0.138. The van der Waals surface area contributed by atoms with Crippen molar-refractivity contribution in [2.45, 2.75) is 63.0 Å². The second-order valence-corrected chi connectivity index (χ2v) is 15.5. The molecule has 0 spiro atoms. The van der Waals surface area contributed by atoms with E-state index in [0.717, 1.165) is 64.6 Å². The van der Waals surface area contributed by atoms with Gasteiger partial charge in [-0.1, -0.05) is 116 Å². The summed E-state index contributed by atoms with van der Waals surface area (Å²) >= 11 is 0. The molecule has 0 fully saturated rings. The monoisotopic (exact) mass is 790 g/mol. The average molecular weight is 791 g/mol. The largest absolute Gasteiger partial charge is 0.463 e. The third kappa shape index (κ3) is 7.86. The third-order valence-corrected chi connectivity index (χ3v) is 12.0. The predicted octanol–water partition coefficient (Wildman–Crippen LogP) is 13.4. The van der Waals surface area contributed by atoms with Gasteiger partial charge in [-0.3, -0.25) is 0 Å². The van der Waals surface area contributed by atoms with Gasteiger partial charge < -0.3 is 9.47 Å². The second kappa shape index (κ2) is 16.6.